The van der Waals surface area contributed by atoms with Gasteiger partial charge in [0.2, 0.25) is 0 Å². The zero-order valence-electron chi connectivity index (χ0n) is 10.3. The van der Waals surface area contributed by atoms with E-state index in [1.165, 1.54) is 0 Å². The molecule has 20 heavy (non-hydrogen) atoms. The van der Waals surface area contributed by atoms with Crippen molar-refractivity contribution < 1.29 is 0 Å². The van der Waals surface area contributed by atoms with Crippen LogP contribution >= 0.6 is 31.9 Å². The van der Waals surface area contributed by atoms with Crippen LogP contribution in [-0.4, -0.2) is 0 Å². The van der Waals surface area contributed by atoms with Crippen LogP contribution in [0, 0.1) is 22.7 Å². The molecule has 0 aromatic heterocycles. The molecule has 0 N–H and O–H groups in total. The van der Waals surface area contributed by atoms with Gasteiger partial charge in [-0.3, -0.25) is 0 Å². The predicted octanol–water partition coefficient (Wildman–Crippen LogP) is 5.17. The Morgan fingerprint density at radius 1 is 0.650 bits per heavy atom. The molecule has 2 nitrogen and oxygen atoms in total. The lowest BCUT2D eigenvalue weighted by Gasteiger charge is -2.05. The molecule has 0 saturated carbocycles. The van der Waals surface area contributed by atoms with Crippen molar-refractivity contribution in [1.29, 1.82) is 10.5 Å². The fourth-order valence-corrected chi connectivity index (χ4v) is 2.29. The average molecular weight is 388 g/mol. The van der Waals surface area contributed by atoms with Gasteiger partial charge in [-0.1, -0.05) is 56.1 Å². The summed E-state index contributed by atoms with van der Waals surface area (Å²) in [6, 6.07) is 18.9. The van der Waals surface area contributed by atoms with Crippen molar-refractivity contribution in [2.24, 2.45) is 0 Å². The van der Waals surface area contributed by atoms with E-state index >= 15 is 0 Å². The molecule has 0 unspecified atom stereocenters. The topological polar surface area (TPSA) is 47.6 Å². The molecule has 2 aromatic carbocycles. The number of hydrogen-bond acceptors (Lipinski definition) is 2. The van der Waals surface area contributed by atoms with Crippen LogP contribution in [0.5, 0.6) is 0 Å². The second kappa shape index (κ2) is 6.52. The fraction of sp³-hybridized carbons (Fsp3) is 0. The first-order chi connectivity index (χ1) is 9.65. The minimum absolute atomic E-state index is 0.377. The number of allylic oxidation sites excluding steroid dienone is 2. The summed E-state index contributed by atoms with van der Waals surface area (Å²) in [4.78, 5) is 0. The molecule has 0 aliphatic heterocycles. The van der Waals surface area contributed by atoms with Crippen LogP contribution < -0.4 is 0 Å². The van der Waals surface area contributed by atoms with Crippen molar-refractivity contribution in [3.8, 4) is 12.1 Å². The summed E-state index contributed by atoms with van der Waals surface area (Å²) in [6.45, 7) is 0. The summed E-state index contributed by atoms with van der Waals surface area (Å²) in [5, 5.41) is 18.8. The van der Waals surface area contributed by atoms with Gasteiger partial charge in [-0.05, 0) is 35.4 Å². The van der Waals surface area contributed by atoms with Crippen molar-refractivity contribution in [3.05, 3.63) is 68.6 Å². The zero-order chi connectivity index (χ0) is 14.5. The van der Waals surface area contributed by atoms with Gasteiger partial charge in [-0.25, -0.2) is 0 Å². The van der Waals surface area contributed by atoms with E-state index in [1.807, 2.05) is 48.5 Å². The number of rotatable bonds is 2. The minimum atomic E-state index is 0.377. The number of halogens is 2. The van der Waals surface area contributed by atoms with E-state index < -0.39 is 0 Å². The highest BCUT2D eigenvalue weighted by atomic mass is 79.9. The monoisotopic (exact) mass is 386 g/mol. The molecule has 4 heteroatoms. The Morgan fingerprint density at radius 3 is 1.20 bits per heavy atom. The highest BCUT2D eigenvalue weighted by molar-refractivity contribution is 9.10. The summed E-state index contributed by atoms with van der Waals surface area (Å²) >= 11 is 6.71. The lowest BCUT2D eigenvalue weighted by Crippen LogP contribution is -1.89. The molecule has 0 fully saturated rings. The molecule has 0 aliphatic rings. The molecule has 0 saturated heterocycles. The molecule has 0 bridgehead atoms. The Morgan fingerprint density at radius 2 is 0.950 bits per heavy atom. The first kappa shape index (κ1) is 14.5. The van der Waals surface area contributed by atoms with E-state index in [1.54, 1.807) is 0 Å². The third-order valence-electron chi connectivity index (χ3n) is 2.74. The van der Waals surface area contributed by atoms with Crippen LogP contribution in [0.2, 0.25) is 0 Å². The van der Waals surface area contributed by atoms with Crippen LogP contribution in [0.15, 0.2) is 57.5 Å². The molecule has 96 valence electrons. The van der Waals surface area contributed by atoms with Gasteiger partial charge in [0, 0.05) is 8.95 Å². The van der Waals surface area contributed by atoms with Gasteiger partial charge < -0.3 is 0 Å². The highest BCUT2D eigenvalue weighted by Gasteiger charge is 2.11. The second-order valence-corrected chi connectivity index (χ2v) is 5.82. The molecular weight excluding hydrogens is 380 g/mol. The number of nitrogens with zero attached hydrogens (tertiary/aromatic N) is 2. The van der Waals surface area contributed by atoms with E-state index in [2.05, 4.69) is 44.0 Å². The lowest BCUT2D eigenvalue weighted by molar-refractivity contribution is 1.49. The van der Waals surface area contributed by atoms with Crippen LogP contribution in [0.1, 0.15) is 11.1 Å². The van der Waals surface area contributed by atoms with Crippen LogP contribution in [-0.2, 0) is 0 Å². The lowest BCUT2D eigenvalue weighted by atomic mass is 9.96. The molecule has 0 heterocycles. The molecule has 0 spiro atoms. The highest BCUT2D eigenvalue weighted by Crippen LogP contribution is 2.27. The van der Waals surface area contributed by atoms with Gasteiger partial charge in [-0.15, -0.1) is 0 Å². The largest absolute Gasteiger partial charge is 0.192 e. The van der Waals surface area contributed by atoms with E-state index in [0.29, 0.717) is 11.1 Å². The Balaban J connectivity index is 2.60. The maximum Gasteiger partial charge on any atom is 0.101 e. The molecule has 2 aromatic rings. The number of nitriles is 2. The Hall–Kier alpha value is -1.88. The van der Waals surface area contributed by atoms with Gasteiger partial charge in [0.05, 0.1) is 11.1 Å². The summed E-state index contributed by atoms with van der Waals surface area (Å²) in [5.41, 5.74) is 2.22. The first-order valence-electron chi connectivity index (χ1n) is 5.72. The summed E-state index contributed by atoms with van der Waals surface area (Å²) in [6.07, 6.45) is 0. The van der Waals surface area contributed by atoms with Crippen molar-refractivity contribution in [1.82, 2.24) is 0 Å². The van der Waals surface area contributed by atoms with E-state index in [9.17, 15) is 10.5 Å². The molecule has 2 rings (SSSR count). The van der Waals surface area contributed by atoms with Gasteiger partial charge in [-0.2, -0.15) is 10.5 Å². The van der Waals surface area contributed by atoms with Crippen molar-refractivity contribution in [2.45, 2.75) is 0 Å². The average Bonchev–Trinajstić information content (AvgIpc) is 2.47. The quantitative estimate of drug-likeness (QED) is 0.527. The summed E-state index contributed by atoms with van der Waals surface area (Å²) in [7, 11) is 0. The van der Waals surface area contributed by atoms with E-state index in [0.717, 1.165) is 20.1 Å². The molecule has 0 aliphatic carbocycles. The maximum atomic E-state index is 9.39. The van der Waals surface area contributed by atoms with E-state index in [4.69, 9.17) is 0 Å². The minimum Gasteiger partial charge on any atom is -0.192 e. The van der Waals surface area contributed by atoms with Crippen LogP contribution in [0.3, 0.4) is 0 Å². The number of hydrogen-bond donors (Lipinski definition) is 0. The second-order valence-electron chi connectivity index (χ2n) is 3.99. The fourth-order valence-electron chi connectivity index (χ4n) is 1.76. The van der Waals surface area contributed by atoms with Crippen LogP contribution in [0.4, 0.5) is 0 Å². The van der Waals surface area contributed by atoms with Crippen molar-refractivity contribution in [3.63, 3.8) is 0 Å². The van der Waals surface area contributed by atoms with E-state index in [-0.39, 0.29) is 0 Å². The SMILES string of the molecule is N#C/C(=C(\C#N)c1ccc(Br)cc1)c1ccc(Br)cc1. The maximum absolute atomic E-state index is 9.39. The summed E-state index contributed by atoms with van der Waals surface area (Å²) < 4.78 is 1.86. The standard InChI is InChI=1S/C16H8Br2N2/c17-13-5-1-11(2-6-13)15(9-19)16(10-20)12-3-7-14(18)8-4-12/h1-8H/b16-15-. The van der Waals surface area contributed by atoms with Gasteiger partial charge in [0.15, 0.2) is 0 Å². The Bertz CT molecular complexity index is 665. The van der Waals surface area contributed by atoms with Gasteiger partial charge in [0.25, 0.3) is 0 Å². The first-order valence-corrected chi connectivity index (χ1v) is 7.30. The molecule has 0 atom stereocenters. The van der Waals surface area contributed by atoms with Crippen LogP contribution in [0.25, 0.3) is 11.1 Å². The normalized spacial score (nSPS) is 11.2. The Labute approximate surface area is 134 Å². The van der Waals surface area contributed by atoms with Crippen molar-refractivity contribution >= 4 is 43.0 Å². The predicted molar refractivity (Wildman–Crippen MR) is 86.3 cm³/mol. The molecule has 0 radical (unpaired) electrons. The third kappa shape index (κ3) is 3.17. The van der Waals surface area contributed by atoms with Gasteiger partial charge >= 0.3 is 0 Å². The molecule has 0 amide bonds. The van der Waals surface area contributed by atoms with Crippen molar-refractivity contribution in [2.75, 3.05) is 0 Å². The Kier molecular flexibility index (Phi) is 4.74. The zero-order valence-corrected chi connectivity index (χ0v) is 13.4. The van der Waals surface area contributed by atoms with Gasteiger partial charge in [0.1, 0.15) is 12.1 Å². The molecular formula is C16H8Br2N2. The number of benzene rings is 2. The third-order valence-corrected chi connectivity index (χ3v) is 3.80. The smallest absolute Gasteiger partial charge is 0.101 e. The summed E-state index contributed by atoms with van der Waals surface area (Å²) in [5.74, 6) is 0.